The predicted octanol–water partition coefficient (Wildman–Crippen LogP) is 3.01. The molecule has 0 saturated carbocycles. The summed E-state index contributed by atoms with van der Waals surface area (Å²) >= 11 is 0. The third-order valence-electron chi connectivity index (χ3n) is 2.14. The highest BCUT2D eigenvalue weighted by atomic mass is 19.3. The van der Waals surface area contributed by atoms with Crippen LogP contribution < -0.4 is 15.8 Å². The van der Waals surface area contributed by atoms with Gasteiger partial charge in [-0.3, -0.25) is 4.98 Å². The molecule has 1 aromatic heterocycles. The van der Waals surface area contributed by atoms with Gasteiger partial charge in [-0.2, -0.15) is 8.78 Å². The van der Waals surface area contributed by atoms with E-state index < -0.39 is 6.61 Å². The monoisotopic (exact) mass is 251 g/mol. The van der Waals surface area contributed by atoms with E-state index in [4.69, 9.17) is 5.73 Å². The summed E-state index contributed by atoms with van der Waals surface area (Å²) < 4.78 is 28.8. The summed E-state index contributed by atoms with van der Waals surface area (Å²) in [4.78, 5) is 3.89. The predicted molar refractivity (Wildman–Crippen MR) is 65.0 cm³/mol. The Balaban J connectivity index is 2.23. The number of nitrogen functional groups attached to an aromatic ring is 1. The maximum absolute atomic E-state index is 12.2. The van der Waals surface area contributed by atoms with Crippen molar-refractivity contribution in [2.24, 2.45) is 0 Å². The number of nitrogens with two attached hydrogens (primary N) is 1. The van der Waals surface area contributed by atoms with Gasteiger partial charge < -0.3 is 15.8 Å². The Hall–Kier alpha value is -2.37. The molecule has 4 nitrogen and oxygen atoms in total. The van der Waals surface area contributed by atoms with Crippen LogP contribution in [0.5, 0.6) is 5.75 Å². The normalized spacial score (nSPS) is 10.4. The molecule has 0 aliphatic heterocycles. The van der Waals surface area contributed by atoms with Gasteiger partial charge in [-0.25, -0.2) is 0 Å². The topological polar surface area (TPSA) is 60.2 Å². The van der Waals surface area contributed by atoms with Gasteiger partial charge in [0.1, 0.15) is 5.75 Å². The first-order valence-electron chi connectivity index (χ1n) is 5.16. The highest BCUT2D eigenvalue weighted by Crippen LogP contribution is 2.28. The molecular formula is C12H11F2N3O. The molecule has 0 atom stereocenters. The van der Waals surface area contributed by atoms with Gasteiger partial charge in [0.15, 0.2) is 0 Å². The largest absolute Gasteiger partial charge is 0.433 e. The van der Waals surface area contributed by atoms with Crippen LogP contribution in [0.15, 0.2) is 42.7 Å². The molecule has 0 radical (unpaired) electrons. The molecule has 0 fully saturated rings. The highest BCUT2D eigenvalue weighted by Gasteiger charge is 2.09. The number of anilines is 3. The summed E-state index contributed by atoms with van der Waals surface area (Å²) in [5, 5.41) is 2.92. The Bertz CT molecular complexity index is 534. The Morgan fingerprint density at radius 2 is 2.00 bits per heavy atom. The van der Waals surface area contributed by atoms with Crippen LogP contribution in [-0.2, 0) is 0 Å². The molecule has 0 aliphatic carbocycles. The molecule has 0 aliphatic rings. The van der Waals surface area contributed by atoms with E-state index in [9.17, 15) is 8.78 Å². The van der Waals surface area contributed by atoms with E-state index in [-0.39, 0.29) is 5.75 Å². The minimum Gasteiger partial charge on any atom is -0.433 e. The molecule has 0 unspecified atom stereocenters. The second kappa shape index (κ2) is 5.31. The number of hydrogen-bond donors (Lipinski definition) is 2. The summed E-state index contributed by atoms with van der Waals surface area (Å²) in [7, 11) is 0. The summed E-state index contributed by atoms with van der Waals surface area (Å²) in [6.45, 7) is -2.87. The van der Waals surface area contributed by atoms with Crippen molar-refractivity contribution >= 4 is 17.1 Å². The number of aromatic nitrogens is 1. The van der Waals surface area contributed by atoms with Crippen molar-refractivity contribution in [3.05, 3.63) is 42.7 Å². The van der Waals surface area contributed by atoms with Crippen LogP contribution in [0.3, 0.4) is 0 Å². The lowest BCUT2D eigenvalue weighted by molar-refractivity contribution is -0.0493. The minimum absolute atomic E-state index is 0.0647. The number of ether oxygens (including phenoxy) is 1. The first-order chi connectivity index (χ1) is 8.65. The Morgan fingerprint density at radius 1 is 1.22 bits per heavy atom. The highest BCUT2D eigenvalue weighted by molar-refractivity contribution is 5.67. The molecule has 1 aromatic carbocycles. The van der Waals surface area contributed by atoms with Crippen LogP contribution in [0.4, 0.5) is 25.8 Å². The lowest BCUT2D eigenvalue weighted by Gasteiger charge is -2.12. The smallest absolute Gasteiger partial charge is 0.387 e. The van der Waals surface area contributed by atoms with Gasteiger partial charge in [0.2, 0.25) is 0 Å². The van der Waals surface area contributed by atoms with E-state index in [1.54, 1.807) is 24.3 Å². The van der Waals surface area contributed by atoms with E-state index in [1.807, 2.05) is 0 Å². The fraction of sp³-hybridized carbons (Fsp3) is 0.0833. The molecule has 0 spiro atoms. The van der Waals surface area contributed by atoms with Gasteiger partial charge in [0.25, 0.3) is 0 Å². The molecule has 2 rings (SSSR count). The number of para-hydroxylation sites is 2. The summed E-state index contributed by atoms with van der Waals surface area (Å²) in [5.74, 6) is 0.0647. The number of benzene rings is 1. The quantitative estimate of drug-likeness (QED) is 0.876. The Labute approximate surface area is 102 Å². The average Bonchev–Trinajstić information content (AvgIpc) is 2.31. The number of nitrogens with one attached hydrogen (secondary N) is 1. The van der Waals surface area contributed by atoms with Crippen molar-refractivity contribution < 1.29 is 13.5 Å². The van der Waals surface area contributed by atoms with Gasteiger partial charge >= 0.3 is 6.61 Å². The third-order valence-corrected chi connectivity index (χ3v) is 2.14. The number of rotatable bonds is 4. The zero-order valence-electron chi connectivity index (χ0n) is 9.31. The van der Waals surface area contributed by atoms with E-state index in [2.05, 4.69) is 15.0 Å². The van der Waals surface area contributed by atoms with E-state index in [1.165, 1.54) is 18.5 Å². The van der Waals surface area contributed by atoms with Crippen LogP contribution in [-0.4, -0.2) is 11.6 Å². The maximum Gasteiger partial charge on any atom is 0.387 e. The Kier molecular flexibility index (Phi) is 3.57. The average molecular weight is 251 g/mol. The number of halogens is 2. The molecule has 0 saturated heterocycles. The van der Waals surface area contributed by atoms with Crippen LogP contribution >= 0.6 is 0 Å². The first kappa shape index (κ1) is 12.1. The fourth-order valence-electron chi connectivity index (χ4n) is 1.45. The SMILES string of the molecule is Nc1cncc(Nc2ccccc2OC(F)F)c1. The molecular weight excluding hydrogens is 240 g/mol. The Morgan fingerprint density at radius 3 is 2.72 bits per heavy atom. The van der Waals surface area contributed by atoms with Crippen LogP contribution in [0.2, 0.25) is 0 Å². The molecule has 0 bridgehead atoms. The van der Waals surface area contributed by atoms with Crippen molar-refractivity contribution in [3.8, 4) is 5.75 Å². The first-order valence-corrected chi connectivity index (χ1v) is 5.16. The second-order valence-electron chi connectivity index (χ2n) is 3.51. The van der Waals surface area contributed by atoms with Crippen LogP contribution in [0.25, 0.3) is 0 Å². The van der Waals surface area contributed by atoms with E-state index in [0.717, 1.165) is 0 Å². The number of pyridine rings is 1. The van der Waals surface area contributed by atoms with Crippen LogP contribution in [0.1, 0.15) is 0 Å². The zero-order valence-corrected chi connectivity index (χ0v) is 9.31. The van der Waals surface area contributed by atoms with Crippen molar-refractivity contribution in [3.63, 3.8) is 0 Å². The van der Waals surface area contributed by atoms with Gasteiger partial charge in [0, 0.05) is 6.20 Å². The van der Waals surface area contributed by atoms with Crippen molar-refractivity contribution in [1.29, 1.82) is 0 Å². The standard InChI is InChI=1S/C12H11F2N3O/c13-12(14)18-11-4-2-1-3-10(11)17-9-5-8(15)6-16-7-9/h1-7,12,17H,15H2. The molecule has 0 amide bonds. The summed E-state index contributed by atoms with van der Waals surface area (Å²) in [6, 6.07) is 8.04. The molecule has 18 heavy (non-hydrogen) atoms. The number of nitrogens with zero attached hydrogens (tertiary/aromatic N) is 1. The van der Waals surface area contributed by atoms with Crippen molar-refractivity contribution in [1.82, 2.24) is 4.98 Å². The van der Waals surface area contributed by atoms with Gasteiger partial charge in [-0.15, -0.1) is 0 Å². The number of alkyl halides is 2. The molecule has 3 N–H and O–H groups in total. The lowest BCUT2D eigenvalue weighted by atomic mass is 10.2. The van der Waals surface area contributed by atoms with Gasteiger partial charge in [0.05, 0.1) is 23.3 Å². The zero-order chi connectivity index (χ0) is 13.0. The molecule has 1 heterocycles. The second-order valence-corrected chi connectivity index (χ2v) is 3.51. The maximum atomic E-state index is 12.2. The van der Waals surface area contributed by atoms with E-state index >= 15 is 0 Å². The summed E-state index contributed by atoms with van der Waals surface area (Å²) in [5.41, 5.74) is 7.08. The van der Waals surface area contributed by atoms with Crippen LogP contribution in [0, 0.1) is 0 Å². The minimum atomic E-state index is -2.87. The number of hydrogen-bond acceptors (Lipinski definition) is 4. The third kappa shape index (κ3) is 3.07. The van der Waals surface area contributed by atoms with Crippen molar-refractivity contribution in [2.45, 2.75) is 6.61 Å². The lowest BCUT2D eigenvalue weighted by Crippen LogP contribution is -2.04. The van der Waals surface area contributed by atoms with Crippen molar-refractivity contribution in [2.75, 3.05) is 11.1 Å². The molecule has 6 heteroatoms. The van der Waals surface area contributed by atoms with E-state index in [0.29, 0.717) is 17.1 Å². The van der Waals surface area contributed by atoms with Gasteiger partial charge in [-0.1, -0.05) is 12.1 Å². The molecule has 2 aromatic rings. The fourth-order valence-corrected chi connectivity index (χ4v) is 1.45. The molecule has 94 valence electrons. The summed E-state index contributed by atoms with van der Waals surface area (Å²) in [6.07, 6.45) is 3.03. The van der Waals surface area contributed by atoms with Gasteiger partial charge in [-0.05, 0) is 18.2 Å².